The van der Waals surface area contributed by atoms with Gasteiger partial charge in [0.05, 0.1) is 12.5 Å². The van der Waals surface area contributed by atoms with Crippen LogP contribution in [0.4, 0.5) is 10.5 Å². The highest BCUT2D eigenvalue weighted by Gasteiger charge is 2.39. The number of nitrogens with one attached hydrogen (secondary N) is 2. The molecule has 28 heavy (non-hydrogen) atoms. The Morgan fingerprint density at radius 3 is 2.50 bits per heavy atom. The molecule has 2 N–H and O–H groups in total. The standard InChI is InChI=1S/C22H27N3O3/c1-22(20(26)23-15-17-7-4-3-5-8-17)13-6-14-25(16-22)21(27)24-18-9-11-19(28-2)12-10-18/h3-5,7-12H,6,13-16H2,1-2H3,(H,23,26)(H,24,27). The topological polar surface area (TPSA) is 70.7 Å². The Morgan fingerprint density at radius 1 is 1.11 bits per heavy atom. The molecule has 1 heterocycles. The summed E-state index contributed by atoms with van der Waals surface area (Å²) in [7, 11) is 1.60. The average Bonchev–Trinajstić information content (AvgIpc) is 2.73. The molecule has 6 nitrogen and oxygen atoms in total. The number of hydrogen-bond donors (Lipinski definition) is 2. The molecule has 0 bridgehead atoms. The lowest BCUT2D eigenvalue weighted by molar-refractivity contribution is -0.132. The zero-order chi connectivity index (χ0) is 20.0. The normalized spacial score (nSPS) is 19.0. The van der Waals surface area contributed by atoms with Crippen LogP contribution in [-0.4, -0.2) is 37.0 Å². The Bertz CT molecular complexity index is 808. The molecular weight excluding hydrogens is 354 g/mol. The number of ether oxygens (including phenoxy) is 1. The first-order valence-electron chi connectivity index (χ1n) is 9.52. The maximum atomic E-state index is 12.8. The van der Waals surface area contributed by atoms with E-state index in [2.05, 4.69) is 10.6 Å². The van der Waals surface area contributed by atoms with Crippen LogP contribution in [0.5, 0.6) is 5.75 Å². The minimum atomic E-state index is -0.593. The van der Waals surface area contributed by atoms with E-state index in [0.717, 1.165) is 24.2 Å². The molecule has 1 atom stereocenters. The highest BCUT2D eigenvalue weighted by atomic mass is 16.5. The van der Waals surface area contributed by atoms with Gasteiger partial charge in [-0.25, -0.2) is 4.79 Å². The molecule has 1 aliphatic heterocycles. The quantitative estimate of drug-likeness (QED) is 0.831. The first-order chi connectivity index (χ1) is 13.5. The number of methoxy groups -OCH3 is 1. The Labute approximate surface area is 165 Å². The van der Waals surface area contributed by atoms with Gasteiger partial charge in [-0.2, -0.15) is 0 Å². The Morgan fingerprint density at radius 2 is 1.82 bits per heavy atom. The highest BCUT2D eigenvalue weighted by molar-refractivity contribution is 5.90. The number of piperidine rings is 1. The van der Waals surface area contributed by atoms with E-state index in [9.17, 15) is 9.59 Å². The average molecular weight is 381 g/mol. The van der Waals surface area contributed by atoms with Crippen molar-refractivity contribution in [1.82, 2.24) is 10.2 Å². The van der Waals surface area contributed by atoms with Gasteiger partial charge in [-0.15, -0.1) is 0 Å². The highest BCUT2D eigenvalue weighted by Crippen LogP contribution is 2.30. The summed E-state index contributed by atoms with van der Waals surface area (Å²) >= 11 is 0. The van der Waals surface area contributed by atoms with E-state index < -0.39 is 5.41 Å². The molecule has 0 saturated carbocycles. The van der Waals surface area contributed by atoms with Crippen LogP contribution in [0, 0.1) is 5.41 Å². The molecule has 0 radical (unpaired) electrons. The second-order valence-corrected chi connectivity index (χ2v) is 7.41. The smallest absolute Gasteiger partial charge is 0.321 e. The second-order valence-electron chi connectivity index (χ2n) is 7.41. The molecular formula is C22H27N3O3. The van der Waals surface area contributed by atoms with E-state index in [1.54, 1.807) is 36.3 Å². The zero-order valence-electron chi connectivity index (χ0n) is 16.4. The van der Waals surface area contributed by atoms with Crippen molar-refractivity contribution in [2.24, 2.45) is 5.41 Å². The van der Waals surface area contributed by atoms with Crippen molar-refractivity contribution in [1.29, 1.82) is 0 Å². The van der Waals surface area contributed by atoms with Gasteiger partial charge in [-0.1, -0.05) is 30.3 Å². The minimum absolute atomic E-state index is 0.0155. The van der Waals surface area contributed by atoms with Gasteiger partial charge in [0.2, 0.25) is 5.91 Å². The van der Waals surface area contributed by atoms with Crippen LogP contribution < -0.4 is 15.4 Å². The lowest BCUT2D eigenvalue weighted by Crippen LogP contribution is -2.52. The number of benzene rings is 2. The number of carbonyl (C=O) groups excluding carboxylic acids is 2. The van der Waals surface area contributed by atoms with Crippen LogP contribution in [-0.2, 0) is 11.3 Å². The van der Waals surface area contributed by atoms with E-state index in [1.165, 1.54) is 0 Å². The second kappa shape index (κ2) is 8.78. The predicted octanol–water partition coefficient (Wildman–Crippen LogP) is 3.65. The maximum Gasteiger partial charge on any atom is 0.321 e. The summed E-state index contributed by atoms with van der Waals surface area (Å²) in [5.41, 5.74) is 1.17. The minimum Gasteiger partial charge on any atom is -0.497 e. The van der Waals surface area contributed by atoms with Gasteiger partial charge >= 0.3 is 6.03 Å². The van der Waals surface area contributed by atoms with Gasteiger partial charge in [-0.3, -0.25) is 4.79 Å². The summed E-state index contributed by atoms with van der Waals surface area (Å²) in [4.78, 5) is 27.2. The largest absolute Gasteiger partial charge is 0.497 e. The molecule has 3 amide bonds. The van der Waals surface area contributed by atoms with Crippen molar-refractivity contribution in [2.45, 2.75) is 26.3 Å². The summed E-state index contributed by atoms with van der Waals surface area (Å²) < 4.78 is 5.13. The van der Waals surface area contributed by atoms with Gasteiger partial charge in [0.25, 0.3) is 0 Å². The van der Waals surface area contributed by atoms with Gasteiger partial charge in [0.15, 0.2) is 0 Å². The van der Waals surface area contributed by atoms with Crippen molar-refractivity contribution in [3.8, 4) is 5.75 Å². The van der Waals surface area contributed by atoms with Crippen molar-refractivity contribution >= 4 is 17.6 Å². The molecule has 148 valence electrons. The molecule has 1 fully saturated rings. The number of nitrogens with zero attached hydrogens (tertiary/aromatic N) is 1. The molecule has 0 aliphatic carbocycles. The number of amides is 3. The molecule has 2 aromatic rings. The summed E-state index contributed by atoms with van der Waals surface area (Å²) in [5.74, 6) is 0.719. The molecule has 1 unspecified atom stereocenters. The van der Waals surface area contributed by atoms with E-state index in [0.29, 0.717) is 25.3 Å². The molecule has 0 spiro atoms. The van der Waals surface area contributed by atoms with Gasteiger partial charge in [0.1, 0.15) is 5.75 Å². The zero-order valence-corrected chi connectivity index (χ0v) is 16.4. The molecule has 6 heteroatoms. The lowest BCUT2D eigenvalue weighted by Gasteiger charge is -2.39. The van der Waals surface area contributed by atoms with Crippen LogP contribution in [0.25, 0.3) is 0 Å². The number of hydrogen-bond acceptors (Lipinski definition) is 3. The molecule has 1 saturated heterocycles. The van der Waals surface area contributed by atoms with Gasteiger partial charge < -0.3 is 20.3 Å². The fourth-order valence-corrected chi connectivity index (χ4v) is 3.47. The summed E-state index contributed by atoms with van der Waals surface area (Å²) in [6, 6.07) is 16.8. The lowest BCUT2D eigenvalue weighted by atomic mass is 9.81. The third-order valence-corrected chi connectivity index (χ3v) is 5.17. The van der Waals surface area contributed by atoms with Crippen LogP contribution in [0.1, 0.15) is 25.3 Å². The summed E-state index contributed by atoms with van der Waals surface area (Å²) in [6.07, 6.45) is 1.56. The number of likely N-dealkylation sites (tertiary alicyclic amines) is 1. The van der Waals surface area contributed by atoms with Gasteiger partial charge in [0, 0.05) is 25.3 Å². The number of rotatable bonds is 5. The first kappa shape index (κ1) is 19.7. The maximum absolute atomic E-state index is 12.8. The van der Waals surface area contributed by atoms with Crippen LogP contribution in [0.15, 0.2) is 54.6 Å². The van der Waals surface area contributed by atoms with Gasteiger partial charge in [-0.05, 0) is 49.6 Å². The number of carbonyl (C=O) groups is 2. The summed E-state index contributed by atoms with van der Waals surface area (Å²) in [5, 5.41) is 5.92. The van der Waals surface area contributed by atoms with Crippen molar-refractivity contribution < 1.29 is 14.3 Å². The third kappa shape index (κ3) is 4.82. The third-order valence-electron chi connectivity index (χ3n) is 5.17. The Hall–Kier alpha value is -3.02. The Kier molecular flexibility index (Phi) is 6.19. The fraction of sp³-hybridized carbons (Fsp3) is 0.364. The van der Waals surface area contributed by atoms with Crippen molar-refractivity contribution in [2.75, 3.05) is 25.5 Å². The molecule has 0 aromatic heterocycles. The molecule has 3 rings (SSSR count). The van der Waals surface area contributed by atoms with Crippen LogP contribution >= 0.6 is 0 Å². The van der Waals surface area contributed by atoms with Crippen LogP contribution in [0.2, 0.25) is 0 Å². The van der Waals surface area contributed by atoms with E-state index in [-0.39, 0.29) is 11.9 Å². The van der Waals surface area contributed by atoms with E-state index in [1.807, 2.05) is 37.3 Å². The first-order valence-corrected chi connectivity index (χ1v) is 9.52. The predicted molar refractivity (Wildman–Crippen MR) is 109 cm³/mol. The molecule has 1 aliphatic rings. The molecule has 2 aromatic carbocycles. The SMILES string of the molecule is COc1ccc(NC(=O)N2CCCC(C)(C(=O)NCc3ccccc3)C2)cc1. The number of anilines is 1. The van der Waals surface area contributed by atoms with E-state index >= 15 is 0 Å². The monoisotopic (exact) mass is 381 g/mol. The summed E-state index contributed by atoms with van der Waals surface area (Å²) in [6.45, 7) is 3.46. The van der Waals surface area contributed by atoms with E-state index in [4.69, 9.17) is 4.74 Å². The van der Waals surface area contributed by atoms with Crippen LogP contribution in [0.3, 0.4) is 0 Å². The number of urea groups is 1. The Balaban J connectivity index is 1.58. The van der Waals surface area contributed by atoms with Crippen molar-refractivity contribution in [3.63, 3.8) is 0 Å². The fourth-order valence-electron chi connectivity index (χ4n) is 3.47. The van der Waals surface area contributed by atoms with Crippen molar-refractivity contribution in [3.05, 3.63) is 60.2 Å².